The van der Waals surface area contributed by atoms with Gasteiger partial charge in [-0.2, -0.15) is 0 Å². The first-order chi connectivity index (χ1) is 8.70. The first-order valence-corrected chi connectivity index (χ1v) is 6.77. The molecule has 0 spiro atoms. The summed E-state index contributed by atoms with van der Waals surface area (Å²) in [6, 6.07) is 8.14. The number of aryl methyl sites for hydroxylation is 1. The van der Waals surface area contributed by atoms with Gasteiger partial charge in [0.25, 0.3) is 0 Å². The summed E-state index contributed by atoms with van der Waals surface area (Å²) in [6.45, 7) is 5.89. The molecule has 0 fully saturated rings. The van der Waals surface area contributed by atoms with Crippen LogP contribution in [0.3, 0.4) is 0 Å². The molecule has 0 N–H and O–H groups in total. The SMILES string of the molecule is CCN(Cc1cccc(C)n1)c1ccncc1Br. The van der Waals surface area contributed by atoms with Gasteiger partial charge in [-0.15, -0.1) is 0 Å². The molecule has 0 amide bonds. The third kappa shape index (κ3) is 3.07. The van der Waals surface area contributed by atoms with E-state index in [1.807, 2.05) is 37.5 Å². The number of nitrogens with zero attached hydrogens (tertiary/aromatic N) is 3. The zero-order valence-electron chi connectivity index (χ0n) is 10.6. The molecule has 0 aliphatic heterocycles. The fourth-order valence-electron chi connectivity index (χ4n) is 1.87. The summed E-state index contributed by atoms with van der Waals surface area (Å²) in [7, 11) is 0. The highest BCUT2D eigenvalue weighted by molar-refractivity contribution is 9.10. The smallest absolute Gasteiger partial charge is 0.0602 e. The van der Waals surface area contributed by atoms with Gasteiger partial charge in [0.2, 0.25) is 0 Å². The van der Waals surface area contributed by atoms with Gasteiger partial charge in [0.1, 0.15) is 0 Å². The molecule has 2 rings (SSSR count). The minimum atomic E-state index is 0.806. The Balaban J connectivity index is 2.23. The van der Waals surface area contributed by atoms with E-state index in [0.717, 1.165) is 34.6 Å². The molecule has 2 heterocycles. The number of aromatic nitrogens is 2. The highest BCUT2D eigenvalue weighted by atomic mass is 79.9. The summed E-state index contributed by atoms with van der Waals surface area (Å²) in [5.41, 5.74) is 3.29. The monoisotopic (exact) mass is 305 g/mol. The Morgan fingerprint density at radius 3 is 2.78 bits per heavy atom. The van der Waals surface area contributed by atoms with Crippen molar-refractivity contribution in [2.75, 3.05) is 11.4 Å². The molecule has 0 saturated heterocycles. The van der Waals surface area contributed by atoms with Crippen LogP contribution >= 0.6 is 15.9 Å². The maximum atomic E-state index is 4.54. The molecule has 0 bridgehead atoms. The lowest BCUT2D eigenvalue weighted by Gasteiger charge is -2.23. The molecule has 2 aromatic rings. The van der Waals surface area contributed by atoms with Crippen molar-refractivity contribution in [2.24, 2.45) is 0 Å². The largest absolute Gasteiger partial charge is 0.365 e. The van der Waals surface area contributed by atoms with Gasteiger partial charge in [0.05, 0.1) is 22.4 Å². The molecular formula is C14H16BrN3. The number of hydrogen-bond acceptors (Lipinski definition) is 3. The Kier molecular flexibility index (Phi) is 4.31. The number of hydrogen-bond donors (Lipinski definition) is 0. The van der Waals surface area contributed by atoms with Crippen LogP contribution in [0.1, 0.15) is 18.3 Å². The van der Waals surface area contributed by atoms with Crippen LogP contribution in [0.2, 0.25) is 0 Å². The molecule has 0 aliphatic rings. The van der Waals surface area contributed by atoms with Gasteiger partial charge in [-0.1, -0.05) is 6.07 Å². The molecule has 4 heteroatoms. The Morgan fingerprint density at radius 2 is 2.11 bits per heavy atom. The fraction of sp³-hybridized carbons (Fsp3) is 0.286. The van der Waals surface area contributed by atoms with Crippen molar-refractivity contribution in [3.05, 3.63) is 52.5 Å². The number of pyridine rings is 2. The van der Waals surface area contributed by atoms with Crippen LogP contribution in [0.15, 0.2) is 41.1 Å². The van der Waals surface area contributed by atoms with Gasteiger partial charge < -0.3 is 4.90 Å². The fourth-order valence-corrected chi connectivity index (χ4v) is 2.38. The van der Waals surface area contributed by atoms with Crippen LogP contribution in [0.5, 0.6) is 0 Å². The molecule has 0 radical (unpaired) electrons. The van der Waals surface area contributed by atoms with Crippen molar-refractivity contribution < 1.29 is 0 Å². The summed E-state index contributed by atoms with van der Waals surface area (Å²) in [5, 5.41) is 0. The lowest BCUT2D eigenvalue weighted by atomic mass is 10.2. The Bertz CT molecular complexity index is 528. The molecule has 0 saturated carbocycles. The predicted octanol–water partition coefficient (Wildman–Crippen LogP) is 3.57. The van der Waals surface area contributed by atoms with E-state index in [2.05, 4.69) is 43.8 Å². The predicted molar refractivity (Wildman–Crippen MR) is 77.6 cm³/mol. The van der Waals surface area contributed by atoms with Gasteiger partial charge >= 0.3 is 0 Å². The van der Waals surface area contributed by atoms with E-state index in [1.54, 1.807) is 0 Å². The zero-order chi connectivity index (χ0) is 13.0. The number of anilines is 1. The standard InChI is InChI=1S/C14H16BrN3/c1-3-18(14-7-8-16-9-13(14)15)10-12-6-4-5-11(2)17-12/h4-9H,3,10H2,1-2H3. The first kappa shape index (κ1) is 13.0. The lowest BCUT2D eigenvalue weighted by molar-refractivity contribution is 0.802. The minimum absolute atomic E-state index is 0.806. The molecule has 2 aromatic heterocycles. The van der Waals surface area contributed by atoms with Crippen molar-refractivity contribution in [3.63, 3.8) is 0 Å². The highest BCUT2D eigenvalue weighted by Gasteiger charge is 2.09. The first-order valence-electron chi connectivity index (χ1n) is 5.97. The maximum absolute atomic E-state index is 4.54. The average Bonchev–Trinajstić information content (AvgIpc) is 2.37. The maximum Gasteiger partial charge on any atom is 0.0602 e. The Labute approximate surface area is 116 Å². The van der Waals surface area contributed by atoms with E-state index in [-0.39, 0.29) is 0 Å². The van der Waals surface area contributed by atoms with Crippen molar-refractivity contribution >= 4 is 21.6 Å². The summed E-state index contributed by atoms with van der Waals surface area (Å²) < 4.78 is 1.01. The van der Waals surface area contributed by atoms with Crippen LogP contribution in [0, 0.1) is 6.92 Å². The van der Waals surface area contributed by atoms with Gasteiger partial charge in [-0.25, -0.2) is 0 Å². The summed E-state index contributed by atoms with van der Waals surface area (Å²) in [6.07, 6.45) is 3.63. The van der Waals surface area contributed by atoms with Gasteiger partial charge in [-0.3, -0.25) is 9.97 Å². The molecular weight excluding hydrogens is 290 g/mol. The minimum Gasteiger partial charge on any atom is -0.365 e. The van der Waals surface area contributed by atoms with Crippen LogP contribution < -0.4 is 4.90 Å². The molecule has 0 atom stereocenters. The molecule has 18 heavy (non-hydrogen) atoms. The molecule has 3 nitrogen and oxygen atoms in total. The van der Waals surface area contributed by atoms with Gasteiger partial charge in [0.15, 0.2) is 0 Å². The van der Waals surface area contributed by atoms with Gasteiger partial charge in [0, 0.05) is 24.6 Å². The van der Waals surface area contributed by atoms with E-state index in [4.69, 9.17) is 0 Å². The second kappa shape index (κ2) is 5.96. The Morgan fingerprint density at radius 1 is 1.28 bits per heavy atom. The number of rotatable bonds is 4. The summed E-state index contributed by atoms with van der Waals surface area (Å²) in [4.78, 5) is 10.9. The summed E-state index contributed by atoms with van der Waals surface area (Å²) >= 11 is 3.54. The second-order valence-corrected chi connectivity index (χ2v) is 4.97. The van der Waals surface area contributed by atoms with Crippen molar-refractivity contribution in [3.8, 4) is 0 Å². The molecule has 0 aromatic carbocycles. The zero-order valence-corrected chi connectivity index (χ0v) is 12.2. The topological polar surface area (TPSA) is 29.0 Å². The lowest BCUT2D eigenvalue weighted by Crippen LogP contribution is -2.23. The molecule has 0 aliphatic carbocycles. The third-order valence-corrected chi connectivity index (χ3v) is 3.38. The Hall–Kier alpha value is -1.42. The highest BCUT2D eigenvalue weighted by Crippen LogP contribution is 2.25. The number of halogens is 1. The van der Waals surface area contributed by atoms with Gasteiger partial charge in [-0.05, 0) is 48.0 Å². The van der Waals surface area contributed by atoms with Crippen LogP contribution in [0.4, 0.5) is 5.69 Å². The van der Waals surface area contributed by atoms with E-state index in [1.165, 1.54) is 0 Å². The van der Waals surface area contributed by atoms with Crippen LogP contribution in [-0.4, -0.2) is 16.5 Å². The summed E-state index contributed by atoms with van der Waals surface area (Å²) in [5.74, 6) is 0. The average molecular weight is 306 g/mol. The normalized spacial score (nSPS) is 10.4. The van der Waals surface area contributed by atoms with E-state index in [0.29, 0.717) is 0 Å². The van der Waals surface area contributed by atoms with E-state index >= 15 is 0 Å². The van der Waals surface area contributed by atoms with Crippen LogP contribution in [0.25, 0.3) is 0 Å². The molecule has 94 valence electrons. The van der Waals surface area contributed by atoms with E-state index < -0.39 is 0 Å². The second-order valence-electron chi connectivity index (χ2n) is 4.11. The van der Waals surface area contributed by atoms with Crippen molar-refractivity contribution in [1.29, 1.82) is 0 Å². The molecule has 0 unspecified atom stereocenters. The van der Waals surface area contributed by atoms with Crippen molar-refractivity contribution in [2.45, 2.75) is 20.4 Å². The quantitative estimate of drug-likeness (QED) is 0.864. The van der Waals surface area contributed by atoms with E-state index in [9.17, 15) is 0 Å². The van der Waals surface area contributed by atoms with Crippen molar-refractivity contribution in [1.82, 2.24) is 9.97 Å². The third-order valence-electron chi connectivity index (χ3n) is 2.77. The van der Waals surface area contributed by atoms with Crippen LogP contribution in [-0.2, 0) is 6.54 Å².